The fraction of sp³-hybridized carbons (Fsp3) is 0.774. The second kappa shape index (κ2) is 11.0. The minimum absolute atomic E-state index is 0.0141. The lowest BCUT2D eigenvalue weighted by Gasteiger charge is -2.48. The summed E-state index contributed by atoms with van der Waals surface area (Å²) in [7, 11) is 2.25. The predicted molar refractivity (Wildman–Crippen MR) is 153 cm³/mol. The van der Waals surface area contributed by atoms with E-state index < -0.39 is 0 Å². The van der Waals surface area contributed by atoms with Gasteiger partial charge in [-0.2, -0.15) is 0 Å². The van der Waals surface area contributed by atoms with Crippen LogP contribution in [-0.4, -0.2) is 29.7 Å². The van der Waals surface area contributed by atoms with Crippen LogP contribution in [0.1, 0.15) is 115 Å². The van der Waals surface area contributed by atoms with Crippen LogP contribution in [0.15, 0.2) is 40.8 Å². The molecule has 0 aromatic carbocycles. The summed E-state index contributed by atoms with van der Waals surface area (Å²) in [5.41, 5.74) is 4.34. The molecule has 1 aliphatic rings. The maximum Gasteiger partial charge on any atom is 0.0704 e. The summed E-state index contributed by atoms with van der Waals surface area (Å²) in [5.74, 6) is 0.997. The Kier molecular flexibility index (Phi) is 9.91. The first kappa shape index (κ1) is 30.5. The zero-order valence-corrected chi connectivity index (χ0v) is 24.9. The van der Waals surface area contributed by atoms with Gasteiger partial charge in [0.05, 0.1) is 11.1 Å². The maximum atomic E-state index is 4.74. The van der Waals surface area contributed by atoms with E-state index in [0.717, 1.165) is 30.7 Å². The summed E-state index contributed by atoms with van der Waals surface area (Å²) in [4.78, 5) is 7.24. The lowest BCUT2D eigenvalue weighted by atomic mass is 9.66. The molecule has 196 valence electrons. The van der Waals surface area contributed by atoms with E-state index >= 15 is 0 Å². The van der Waals surface area contributed by atoms with E-state index in [-0.39, 0.29) is 21.9 Å². The molecular formula is C31H57N3. The van der Waals surface area contributed by atoms with Crippen LogP contribution in [0.3, 0.4) is 0 Å². The van der Waals surface area contributed by atoms with E-state index in [1.165, 1.54) is 30.5 Å². The predicted octanol–water partition coefficient (Wildman–Crippen LogP) is 8.75. The molecular weight excluding hydrogens is 414 g/mol. The quantitative estimate of drug-likeness (QED) is 0.241. The first-order chi connectivity index (χ1) is 15.3. The van der Waals surface area contributed by atoms with Crippen LogP contribution >= 0.6 is 0 Å². The van der Waals surface area contributed by atoms with Gasteiger partial charge in [-0.05, 0) is 91.2 Å². The van der Waals surface area contributed by atoms with Crippen molar-refractivity contribution < 1.29 is 0 Å². The minimum Gasteiger partial charge on any atom is -0.383 e. The lowest BCUT2D eigenvalue weighted by molar-refractivity contribution is 0.146. The van der Waals surface area contributed by atoms with Crippen LogP contribution < -0.4 is 5.32 Å². The van der Waals surface area contributed by atoms with Gasteiger partial charge in [0.25, 0.3) is 0 Å². The Hall–Kier alpha value is -1.51. The molecule has 2 atom stereocenters. The third-order valence-electron chi connectivity index (χ3n) is 9.17. The van der Waals surface area contributed by atoms with Crippen molar-refractivity contribution in [3.05, 3.63) is 35.8 Å². The molecule has 3 nitrogen and oxygen atoms in total. The van der Waals surface area contributed by atoms with Gasteiger partial charge in [0.15, 0.2) is 0 Å². The molecule has 0 saturated carbocycles. The third kappa shape index (κ3) is 6.58. The Morgan fingerprint density at radius 3 is 2.09 bits per heavy atom. The average Bonchev–Trinajstić information content (AvgIpc) is 2.68. The Morgan fingerprint density at radius 2 is 1.62 bits per heavy atom. The number of hydrogen-bond donors (Lipinski definition) is 1. The molecule has 0 spiro atoms. The molecule has 0 bridgehead atoms. The second-order valence-corrected chi connectivity index (χ2v) is 13.4. The SMILES string of the molecule is C=N/C1=C(\N(C)C(C)(C)CC(C)C)CCCCCC1(C)C(=C)NC(C)(C)C(C)C(C)(C)C(=C)C. The zero-order valence-electron chi connectivity index (χ0n) is 24.9. The van der Waals surface area contributed by atoms with Crippen molar-refractivity contribution in [2.24, 2.45) is 27.7 Å². The Balaban J connectivity index is 3.50. The van der Waals surface area contributed by atoms with E-state index in [0.29, 0.717) is 11.8 Å². The Bertz CT molecular complexity index is 780. The second-order valence-electron chi connectivity index (χ2n) is 13.4. The van der Waals surface area contributed by atoms with Crippen LogP contribution in [0.4, 0.5) is 0 Å². The molecule has 0 radical (unpaired) electrons. The molecule has 3 heteroatoms. The molecule has 0 aliphatic heterocycles. The van der Waals surface area contributed by atoms with E-state index in [4.69, 9.17) is 4.99 Å². The number of hydrogen-bond acceptors (Lipinski definition) is 3. The van der Waals surface area contributed by atoms with Crippen molar-refractivity contribution in [2.45, 2.75) is 126 Å². The standard InChI is InChI=1S/C31H57N3/c1-22(2)21-28(7,8)34(15)26-19-17-16-18-20-31(13,27(26)32-14)25(6)33-30(11,12)24(5)29(9,10)23(3)4/h22,24,33H,3,6,14,16-21H2,1-2,4-5,7-13,15H3/b27-26-. The smallest absolute Gasteiger partial charge is 0.0704 e. The Labute approximate surface area is 213 Å². The van der Waals surface area contributed by atoms with Gasteiger partial charge in [0.1, 0.15) is 0 Å². The van der Waals surface area contributed by atoms with Gasteiger partial charge in [-0.15, -0.1) is 0 Å². The number of allylic oxidation sites excluding steroid dienone is 2. The molecule has 0 saturated heterocycles. The highest BCUT2D eigenvalue weighted by Gasteiger charge is 2.43. The van der Waals surface area contributed by atoms with E-state index in [1.54, 1.807) is 0 Å². The average molecular weight is 472 g/mol. The fourth-order valence-corrected chi connectivity index (χ4v) is 5.80. The van der Waals surface area contributed by atoms with Crippen molar-refractivity contribution in [1.29, 1.82) is 0 Å². The molecule has 0 fully saturated rings. The summed E-state index contributed by atoms with van der Waals surface area (Å²) in [5, 5.41) is 3.89. The monoisotopic (exact) mass is 471 g/mol. The Morgan fingerprint density at radius 1 is 1.06 bits per heavy atom. The molecule has 0 heterocycles. The van der Waals surface area contributed by atoms with Gasteiger partial charge in [-0.25, -0.2) is 0 Å². The van der Waals surface area contributed by atoms with Crippen molar-refractivity contribution in [3.8, 4) is 0 Å². The van der Waals surface area contributed by atoms with Crippen LogP contribution in [0.5, 0.6) is 0 Å². The van der Waals surface area contributed by atoms with Crippen LogP contribution in [-0.2, 0) is 0 Å². The first-order valence-corrected chi connectivity index (χ1v) is 13.4. The summed E-state index contributed by atoms with van der Waals surface area (Å²) in [6.07, 6.45) is 6.81. The first-order valence-electron chi connectivity index (χ1n) is 13.4. The third-order valence-corrected chi connectivity index (χ3v) is 9.17. The summed E-state index contributed by atoms with van der Waals surface area (Å²) >= 11 is 0. The molecule has 0 amide bonds. The van der Waals surface area contributed by atoms with Gasteiger partial charge < -0.3 is 10.2 Å². The molecule has 1 N–H and O–H groups in total. The van der Waals surface area contributed by atoms with Crippen LogP contribution in [0.2, 0.25) is 0 Å². The molecule has 2 unspecified atom stereocenters. The van der Waals surface area contributed by atoms with Gasteiger partial charge in [0.2, 0.25) is 0 Å². The van der Waals surface area contributed by atoms with Crippen molar-refractivity contribution >= 4 is 6.72 Å². The highest BCUT2D eigenvalue weighted by molar-refractivity contribution is 5.38. The summed E-state index contributed by atoms with van der Waals surface area (Å²) < 4.78 is 0. The molecule has 1 rings (SSSR count). The van der Waals surface area contributed by atoms with Crippen LogP contribution in [0.25, 0.3) is 0 Å². The fourth-order valence-electron chi connectivity index (χ4n) is 5.80. The topological polar surface area (TPSA) is 27.6 Å². The lowest BCUT2D eigenvalue weighted by Crippen LogP contribution is -2.52. The number of nitrogens with zero attached hydrogens (tertiary/aromatic N) is 2. The van der Waals surface area contributed by atoms with E-state index in [9.17, 15) is 0 Å². The number of nitrogens with one attached hydrogen (secondary N) is 1. The van der Waals surface area contributed by atoms with E-state index in [1.807, 2.05) is 0 Å². The molecule has 1 aliphatic carbocycles. The number of rotatable bonds is 11. The van der Waals surface area contributed by atoms with Crippen LogP contribution in [0, 0.1) is 22.7 Å². The van der Waals surface area contributed by atoms with Crippen molar-refractivity contribution in [3.63, 3.8) is 0 Å². The molecule has 0 aromatic rings. The minimum atomic E-state index is -0.274. The molecule has 0 aromatic heterocycles. The number of aliphatic imine (C=N–C) groups is 1. The molecule has 34 heavy (non-hydrogen) atoms. The summed E-state index contributed by atoms with van der Waals surface area (Å²) in [6, 6.07) is 0. The maximum absolute atomic E-state index is 4.74. The largest absolute Gasteiger partial charge is 0.383 e. The van der Waals surface area contributed by atoms with Gasteiger partial charge >= 0.3 is 0 Å². The normalized spacial score (nSPS) is 23.7. The highest BCUT2D eigenvalue weighted by Crippen LogP contribution is 2.47. The van der Waals surface area contributed by atoms with E-state index in [2.05, 4.69) is 113 Å². The zero-order chi connectivity index (χ0) is 26.7. The van der Waals surface area contributed by atoms with Crippen molar-refractivity contribution in [2.75, 3.05) is 7.05 Å². The summed E-state index contributed by atoms with van der Waals surface area (Å²) in [6.45, 7) is 38.3. The highest BCUT2D eigenvalue weighted by atomic mass is 15.2. The van der Waals surface area contributed by atoms with Gasteiger partial charge in [-0.1, -0.05) is 66.2 Å². The van der Waals surface area contributed by atoms with Crippen molar-refractivity contribution in [1.82, 2.24) is 10.2 Å². The van der Waals surface area contributed by atoms with Gasteiger partial charge in [-0.3, -0.25) is 4.99 Å². The van der Waals surface area contributed by atoms with Gasteiger partial charge in [0, 0.05) is 29.5 Å².